The zero-order chi connectivity index (χ0) is 19.6. The van der Waals surface area contributed by atoms with Crippen LogP contribution < -0.4 is 4.74 Å². The van der Waals surface area contributed by atoms with Gasteiger partial charge < -0.3 is 18.8 Å². The fraction of sp³-hybridized carbons (Fsp3) is 0.609. The monoisotopic (exact) mass is 398 g/mol. The van der Waals surface area contributed by atoms with Crippen molar-refractivity contribution in [2.75, 3.05) is 45.9 Å². The van der Waals surface area contributed by atoms with Crippen molar-refractivity contribution in [3.05, 3.63) is 29.5 Å². The smallest absolute Gasteiger partial charge is 0.260 e. The maximum atomic E-state index is 12.6. The summed E-state index contributed by atoms with van der Waals surface area (Å²) in [5.41, 5.74) is 2.25. The Bertz CT molecular complexity index is 863. The third kappa shape index (κ3) is 4.14. The second-order valence-corrected chi connectivity index (χ2v) is 8.47. The Morgan fingerprint density at radius 2 is 1.97 bits per heavy atom. The number of nitrogens with zero attached hydrogens (tertiary/aromatic N) is 2. The predicted octanol–water partition coefficient (Wildman–Crippen LogP) is 3.01. The molecule has 6 nitrogen and oxygen atoms in total. The van der Waals surface area contributed by atoms with Crippen LogP contribution in [0.2, 0.25) is 0 Å². The fourth-order valence-electron chi connectivity index (χ4n) is 4.82. The Balaban J connectivity index is 1.14. The third-order valence-electron chi connectivity index (χ3n) is 6.50. The summed E-state index contributed by atoms with van der Waals surface area (Å²) in [5.74, 6) is 1.94. The summed E-state index contributed by atoms with van der Waals surface area (Å²) in [4.78, 5) is 16.9. The highest BCUT2D eigenvalue weighted by molar-refractivity contribution is 5.84. The van der Waals surface area contributed by atoms with Gasteiger partial charge in [0.05, 0.1) is 6.10 Å². The molecule has 2 fully saturated rings. The number of ether oxygens (including phenoxy) is 2. The molecule has 2 saturated heterocycles. The SMILES string of the molecule is O=C(COc1ccc2oc3c(c2c1)CCCC3)N1CCN(CC2CCCO2)CC1. The molecule has 1 aromatic heterocycles. The van der Waals surface area contributed by atoms with Gasteiger partial charge >= 0.3 is 0 Å². The molecule has 156 valence electrons. The number of carbonyl (C=O) groups is 1. The fourth-order valence-corrected chi connectivity index (χ4v) is 4.82. The molecule has 0 spiro atoms. The van der Waals surface area contributed by atoms with Crippen molar-refractivity contribution in [2.24, 2.45) is 0 Å². The first-order chi connectivity index (χ1) is 14.3. The first-order valence-corrected chi connectivity index (χ1v) is 11.0. The molecule has 1 atom stereocenters. The van der Waals surface area contributed by atoms with E-state index in [1.165, 1.54) is 24.8 Å². The van der Waals surface area contributed by atoms with Gasteiger partial charge in [0.15, 0.2) is 6.61 Å². The van der Waals surface area contributed by atoms with Crippen LogP contribution in [0.15, 0.2) is 22.6 Å². The highest BCUT2D eigenvalue weighted by Crippen LogP contribution is 2.33. The highest BCUT2D eigenvalue weighted by Gasteiger charge is 2.25. The molecule has 0 saturated carbocycles. The zero-order valence-corrected chi connectivity index (χ0v) is 17.0. The van der Waals surface area contributed by atoms with E-state index >= 15 is 0 Å². The van der Waals surface area contributed by atoms with Gasteiger partial charge in [-0.15, -0.1) is 0 Å². The molecule has 5 rings (SSSR count). The van der Waals surface area contributed by atoms with E-state index in [0.29, 0.717) is 6.10 Å². The molecule has 3 heterocycles. The lowest BCUT2D eigenvalue weighted by molar-refractivity contribution is -0.135. The summed E-state index contributed by atoms with van der Waals surface area (Å²) < 4.78 is 17.6. The molecular weight excluding hydrogens is 368 g/mol. The van der Waals surface area contributed by atoms with E-state index in [1.807, 2.05) is 23.1 Å². The number of rotatable bonds is 5. The van der Waals surface area contributed by atoms with Gasteiger partial charge in [0.2, 0.25) is 0 Å². The largest absolute Gasteiger partial charge is 0.484 e. The number of hydrogen-bond acceptors (Lipinski definition) is 5. The van der Waals surface area contributed by atoms with E-state index < -0.39 is 0 Å². The molecule has 1 amide bonds. The van der Waals surface area contributed by atoms with Crippen molar-refractivity contribution in [2.45, 2.75) is 44.6 Å². The maximum absolute atomic E-state index is 12.6. The van der Waals surface area contributed by atoms with Crippen LogP contribution in [0.25, 0.3) is 11.0 Å². The average molecular weight is 399 g/mol. The number of hydrogen-bond donors (Lipinski definition) is 0. The van der Waals surface area contributed by atoms with Crippen molar-refractivity contribution >= 4 is 16.9 Å². The van der Waals surface area contributed by atoms with Crippen LogP contribution in [0.4, 0.5) is 0 Å². The van der Waals surface area contributed by atoms with Crippen LogP contribution in [0.1, 0.15) is 37.0 Å². The third-order valence-corrected chi connectivity index (χ3v) is 6.50. The number of amides is 1. The summed E-state index contributed by atoms with van der Waals surface area (Å²) >= 11 is 0. The Labute approximate surface area is 171 Å². The van der Waals surface area contributed by atoms with E-state index in [9.17, 15) is 4.79 Å². The topological polar surface area (TPSA) is 55.2 Å². The maximum Gasteiger partial charge on any atom is 0.260 e. The normalized spacial score (nSPS) is 22.8. The van der Waals surface area contributed by atoms with Crippen LogP contribution in [0.3, 0.4) is 0 Å². The van der Waals surface area contributed by atoms with Crippen molar-refractivity contribution in [3.8, 4) is 5.75 Å². The van der Waals surface area contributed by atoms with Crippen LogP contribution in [-0.2, 0) is 22.4 Å². The number of piperazine rings is 1. The number of benzene rings is 1. The summed E-state index contributed by atoms with van der Waals surface area (Å²) in [6.45, 7) is 5.35. The minimum atomic E-state index is 0.0658. The van der Waals surface area contributed by atoms with Gasteiger partial charge in [0.1, 0.15) is 17.1 Å². The number of carbonyl (C=O) groups excluding carboxylic acids is 1. The second-order valence-electron chi connectivity index (χ2n) is 8.47. The molecule has 2 aliphatic heterocycles. The summed E-state index contributed by atoms with van der Waals surface area (Å²) in [6.07, 6.45) is 7.23. The van der Waals surface area contributed by atoms with E-state index in [4.69, 9.17) is 13.9 Å². The molecule has 0 radical (unpaired) electrons. The van der Waals surface area contributed by atoms with Gasteiger partial charge in [-0.05, 0) is 50.3 Å². The quantitative estimate of drug-likeness (QED) is 0.775. The summed E-state index contributed by atoms with van der Waals surface area (Å²) in [7, 11) is 0. The van der Waals surface area contributed by atoms with E-state index in [2.05, 4.69) is 4.90 Å². The molecule has 0 N–H and O–H groups in total. The molecule has 6 heteroatoms. The van der Waals surface area contributed by atoms with E-state index in [1.54, 1.807) is 0 Å². The highest BCUT2D eigenvalue weighted by atomic mass is 16.5. The van der Waals surface area contributed by atoms with Crippen molar-refractivity contribution in [1.82, 2.24) is 9.80 Å². The molecule has 2 aromatic rings. The Morgan fingerprint density at radius 1 is 1.10 bits per heavy atom. The molecular formula is C23H30N2O4. The van der Waals surface area contributed by atoms with Gasteiger partial charge in [0.25, 0.3) is 5.91 Å². The molecule has 0 bridgehead atoms. The van der Waals surface area contributed by atoms with E-state index in [-0.39, 0.29) is 12.5 Å². The van der Waals surface area contributed by atoms with Gasteiger partial charge in [0, 0.05) is 56.7 Å². The number of furan rings is 1. The second kappa shape index (κ2) is 8.36. The van der Waals surface area contributed by atoms with E-state index in [0.717, 1.165) is 81.1 Å². The molecule has 29 heavy (non-hydrogen) atoms. The van der Waals surface area contributed by atoms with Crippen molar-refractivity contribution < 1.29 is 18.7 Å². The first-order valence-electron chi connectivity index (χ1n) is 11.0. The van der Waals surface area contributed by atoms with Crippen LogP contribution in [-0.4, -0.2) is 67.7 Å². The van der Waals surface area contributed by atoms with Crippen LogP contribution >= 0.6 is 0 Å². The number of fused-ring (bicyclic) bond motifs is 3. The number of aryl methyl sites for hydroxylation is 2. The molecule has 1 unspecified atom stereocenters. The molecule has 1 aliphatic carbocycles. The Morgan fingerprint density at radius 3 is 2.79 bits per heavy atom. The average Bonchev–Trinajstić information content (AvgIpc) is 3.40. The predicted molar refractivity (Wildman–Crippen MR) is 110 cm³/mol. The lowest BCUT2D eigenvalue weighted by Gasteiger charge is -2.35. The van der Waals surface area contributed by atoms with Gasteiger partial charge in [-0.25, -0.2) is 0 Å². The Kier molecular flexibility index (Phi) is 5.46. The lowest BCUT2D eigenvalue weighted by Crippen LogP contribution is -2.51. The van der Waals surface area contributed by atoms with Crippen molar-refractivity contribution in [3.63, 3.8) is 0 Å². The lowest BCUT2D eigenvalue weighted by atomic mass is 9.96. The van der Waals surface area contributed by atoms with Gasteiger partial charge in [-0.1, -0.05) is 0 Å². The summed E-state index contributed by atoms with van der Waals surface area (Å²) in [6, 6.07) is 5.91. The summed E-state index contributed by atoms with van der Waals surface area (Å²) in [5, 5.41) is 1.15. The van der Waals surface area contributed by atoms with Gasteiger partial charge in [-0.2, -0.15) is 0 Å². The van der Waals surface area contributed by atoms with Crippen LogP contribution in [0, 0.1) is 0 Å². The molecule has 3 aliphatic rings. The first kappa shape index (κ1) is 18.9. The zero-order valence-electron chi connectivity index (χ0n) is 17.0. The standard InChI is InChI=1S/C23H30N2O4/c26-23(25-11-9-24(10-12-25)15-18-4-3-13-27-18)16-28-17-7-8-22-20(14-17)19-5-1-2-6-21(19)29-22/h7-8,14,18H,1-6,9-13,15-16H2. The van der Waals surface area contributed by atoms with Gasteiger partial charge in [-0.3, -0.25) is 9.69 Å². The minimum absolute atomic E-state index is 0.0658. The van der Waals surface area contributed by atoms with Crippen LogP contribution in [0.5, 0.6) is 5.75 Å². The Hall–Kier alpha value is -2.05. The molecule has 1 aromatic carbocycles. The minimum Gasteiger partial charge on any atom is -0.484 e. The van der Waals surface area contributed by atoms with Crippen molar-refractivity contribution in [1.29, 1.82) is 0 Å².